The Hall–Kier alpha value is -1.49. The van der Waals surface area contributed by atoms with E-state index in [1.807, 2.05) is 18.7 Å². The Labute approximate surface area is 95.7 Å². The molecular formula is C11H18N4O. The van der Waals surface area contributed by atoms with E-state index in [1.54, 1.807) is 19.3 Å². The van der Waals surface area contributed by atoms with E-state index in [0.29, 0.717) is 5.82 Å². The van der Waals surface area contributed by atoms with Crippen LogP contribution in [0.25, 0.3) is 0 Å². The zero-order valence-electron chi connectivity index (χ0n) is 9.97. The van der Waals surface area contributed by atoms with Gasteiger partial charge in [0.25, 0.3) is 0 Å². The maximum absolute atomic E-state index is 11.5. The number of likely N-dealkylation sites (N-methyl/N-ethyl adjacent to an activating group) is 1. The van der Waals surface area contributed by atoms with Crippen LogP contribution >= 0.6 is 0 Å². The van der Waals surface area contributed by atoms with Crippen molar-refractivity contribution in [2.24, 2.45) is 5.73 Å². The smallest absolute Gasteiger partial charge is 0.239 e. The topological polar surface area (TPSA) is 72.1 Å². The van der Waals surface area contributed by atoms with Crippen LogP contribution in [0.15, 0.2) is 12.4 Å². The van der Waals surface area contributed by atoms with Gasteiger partial charge < -0.3 is 5.73 Å². The van der Waals surface area contributed by atoms with E-state index >= 15 is 0 Å². The molecule has 1 aromatic rings. The quantitative estimate of drug-likeness (QED) is 0.794. The SMILES string of the molecule is CCN(CC)C(C(N)=O)c1cnc(C)nc1. The summed E-state index contributed by atoms with van der Waals surface area (Å²) in [6.45, 7) is 7.32. The summed E-state index contributed by atoms with van der Waals surface area (Å²) in [5.41, 5.74) is 6.17. The minimum atomic E-state index is -0.435. The van der Waals surface area contributed by atoms with Gasteiger partial charge in [-0.3, -0.25) is 9.69 Å². The zero-order chi connectivity index (χ0) is 12.1. The van der Waals surface area contributed by atoms with Crippen LogP contribution in [0.3, 0.4) is 0 Å². The van der Waals surface area contributed by atoms with Crippen LogP contribution in [-0.2, 0) is 4.79 Å². The maximum atomic E-state index is 11.5. The first kappa shape index (κ1) is 12.6. The third-order valence-electron chi connectivity index (χ3n) is 2.56. The molecule has 0 saturated heterocycles. The second-order valence-electron chi connectivity index (χ2n) is 3.59. The summed E-state index contributed by atoms with van der Waals surface area (Å²) in [7, 11) is 0. The van der Waals surface area contributed by atoms with Gasteiger partial charge in [0, 0.05) is 18.0 Å². The third kappa shape index (κ3) is 2.76. The molecule has 1 rings (SSSR count). The highest BCUT2D eigenvalue weighted by Crippen LogP contribution is 2.18. The Kier molecular flexibility index (Phi) is 4.37. The fourth-order valence-electron chi connectivity index (χ4n) is 1.69. The van der Waals surface area contributed by atoms with E-state index in [2.05, 4.69) is 9.97 Å². The molecule has 0 bridgehead atoms. The van der Waals surface area contributed by atoms with Crippen LogP contribution in [0.2, 0.25) is 0 Å². The van der Waals surface area contributed by atoms with Crippen molar-refractivity contribution in [3.05, 3.63) is 23.8 Å². The number of hydrogen-bond donors (Lipinski definition) is 1. The number of nitrogens with zero attached hydrogens (tertiary/aromatic N) is 3. The molecule has 1 unspecified atom stereocenters. The van der Waals surface area contributed by atoms with Gasteiger partial charge >= 0.3 is 0 Å². The normalized spacial score (nSPS) is 12.8. The van der Waals surface area contributed by atoms with E-state index in [0.717, 1.165) is 18.7 Å². The summed E-state index contributed by atoms with van der Waals surface area (Å²) in [6, 6.07) is -0.435. The first-order valence-corrected chi connectivity index (χ1v) is 5.42. The summed E-state index contributed by atoms with van der Waals surface area (Å²) in [6.07, 6.45) is 3.33. The molecule has 1 aromatic heterocycles. The van der Waals surface area contributed by atoms with Crippen LogP contribution in [0.4, 0.5) is 0 Å². The van der Waals surface area contributed by atoms with Gasteiger partial charge in [-0.25, -0.2) is 9.97 Å². The van der Waals surface area contributed by atoms with Crippen molar-refractivity contribution < 1.29 is 4.79 Å². The minimum absolute atomic E-state index is 0.365. The Balaban J connectivity index is 3.02. The Morgan fingerprint density at radius 2 is 1.88 bits per heavy atom. The molecule has 1 amide bonds. The summed E-state index contributed by atoms with van der Waals surface area (Å²) in [4.78, 5) is 21.6. The number of carbonyl (C=O) groups is 1. The molecule has 2 N–H and O–H groups in total. The van der Waals surface area contributed by atoms with Gasteiger partial charge in [-0.1, -0.05) is 13.8 Å². The van der Waals surface area contributed by atoms with E-state index in [9.17, 15) is 4.79 Å². The second kappa shape index (κ2) is 5.55. The zero-order valence-corrected chi connectivity index (χ0v) is 9.97. The van der Waals surface area contributed by atoms with Crippen LogP contribution < -0.4 is 5.73 Å². The van der Waals surface area contributed by atoms with Crippen molar-refractivity contribution in [3.8, 4) is 0 Å². The minimum Gasteiger partial charge on any atom is -0.368 e. The molecule has 0 aliphatic heterocycles. The molecule has 0 radical (unpaired) electrons. The molecule has 5 nitrogen and oxygen atoms in total. The summed E-state index contributed by atoms with van der Waals surface area (Å²) in [5.74, 6) is 0.322. The molecule has 0 fully saturated rings. The molecule has 0 aromatic carbocycles. The fraction of sp³-hybridized carbons (Fsp3) is 0.545. The molecule has 88 valence electrons. The number of primary amides is 1. The number of aromatic nitrogens is 2. The van der Waals surface area contributed by atoms with Crippen LogP contribution in [-0.4, -0.2) is 33.9 Å². The molecule has 16 heavy (non-hydrogen) atoms. The van der Waals surface area contributed by atoms with E-state index in [1.165, 1.54) is 0 Å². The van der Waals surface area contributed by atoms with E-state index in [-0.39, 0.29) is 5.91 Å². The lowest BCUT2D eigenvalue weighted by atomic mass is 10.1. The number of aryl methyl sites for hydroxylation is 1. The Bertz CT molecular complexity index is 346. The van der Waals surface area contributed by atoms with E-state index < -0.39 is 6.04 Å². The Morgan fingerprint density at radius 1 is 1.38 bits per heavy atom. The number of nitrogens with two attached hydrogens (primary N) is 1. The monoisotopic (exact) mass is 222 g/mol. The van der Waals surface area contributed by atoms with Crippen LogP contribution in [0.5, 0.6) is 0 Å². The van der Waals surface area contributed by atoms with Crippen LogP contribution in [0, 0.1) is 6.92 Å². The second-order valence-corrected chi connectivity index (χ2v) is 3.59. The summed E-state index contributed by atoms with van der Waals surface area (Å²) >= 11 is 0. The van der Waals surface area contributed by atoms with Crippen molar-refractivity contribution in [2.45, 2.75) is 26.8 Å². The average molecular weight is 222 g/mol. The van der Waals surface area contributed by atoms with Crippen molar-refractivity contribution >= 4 is 5.91 Å². The first-order chi connectivity index (χ1) is 7.60. The largest absolute Gasteiger partial charge is 0.368 e. The average Bonchev–Trinajstić information content (AvgIpc) is 2.27. The van der Waals surface area contributed by atoms with Crippen molar-refractivity contribution in [1.29, 1.82) is 0 Å². The molecule has 1 heterocycles. The van der Waals surface area contributed by atoms with Gasteiger partial charge in [0.2, 0.25) is 5.91 Å². The highest BCUT2D eigenvalue weighted by atomic mass is 16.1. The molecule has 0 saturated carbocycles. The third-order valence-corrected chi connectivity index (χ3v) is 2.56. The molecule has 0 aliphatic rings. The lowest BCUT2D eigenvalue weighted by molar-refractivity contribution is -0.123. The van der Waals surface area contributed by atoms with E-state index in [4.69, 9.17) is 5.73 Å². The standard InChI is InChI=1S/C11H18N4O/c1-4-15(5-2)10(11(12)16)9-6-13-8(3)14-7-9/h6-7,10H,4-5H2,1-3H3,(H2,12,16). The van der Waals surface area contributed by atoms with Gasteiger partial charge in [0.15, 0.2) is 0 Å². The summed E-state index contributed by atoms with van der Waals surface area (Å²) in [5, 5.41) is 0. The Morgan fingerprint density at radius 3 is 2.25 bits per heavy atom. The first-order valence-electron chi connectivity index (χ1n) is 5.42. The molecule has 0 spiro atoms. The lowest BCUT2D eigenvalue weighted by Crippen LogP contribution is -2.37. The van der Waals surface area contributed by atoms with Gasteiger partial charge in [0.1, 0.15) is 11.9 Å². The van der Waals surface area contributed by atoms with Crippen molar-refractivity contribution in [1.82, 2.24) is 14.9 Å². The lowest BCUT2D eigenvalue weighted by Gasteiger charge is -2.26. The van der Waals surface area contributed by atoms with Gasteiger partial charge in [-0.05, 0) is 20.0 Å². The molecule has 5 heteroatoms. The van der Waals surface area contributed by atoms with Crippen molar-refractivity contribution in [2.75, 3.05) is 13.1 Å². The maximum Gasteiger partial charge on any atom is 0.239 e. The number of carbonyl (C=O) groups excluding carboxylic acids is 1. The predicted molar refractivity (Wildman–Crippen MR) is 61.6 cm³/mol. The number of rotatable bonds is 5. The van der Waals surface area contributed by atoms with Gasteiger partial charge in [-0.15, -0.1) is 0 Å². The predicted octanol–water partition coefficient (Wildman–Crippen LogP) is 0.653. The van der Waals surface area contributed by atoms with Gasteiger partial charge in [0.05, 0.1) is 0 Å². The number of hydrogen-bond acceptors (Lipinski definition) is 4. The highest BCUT2D eigenvalue weighted by molar-refractivity contribution is 5.81. The molecular weight excluding hydrogens is 204 g/mol. The molecule has 1 atom stereocenters. The summed E-state index contributed by atoms with van der Waals surface area (Å²) < 4.78 is 0. The van der Waals surface area contributed by atoms with Gasteiger partial charge in [-0.2, -0.15) is 0 Å². The highest BCUT2D eigenvalue weighted by Gasteiger charge is 2.23. The molecule has 0 aliphatic carbocycles. The van der Waals surface area contributed by atoms with Crippen LogP contribution in [0.1, 0.15) is 31.3 Å². The van der Waals surface area contributed by atoms with Crippen molar-refractivity contribution in [3.63, 3.8) is 0 Å². The number of amides is 1. The fourth-order valence-corrected chi connectivity index (χ4v) is 1.69.